The lowest BCUT2D eigenvalue weighted by atomic mass is 9.85. The van der Waals surface area contributed by atoms with Crippen LogP contribution in [-0.4, -0.2) is 6.54 Å². The Morgan fingerprint density at radius 2 is 1.90 bits per heavy atom. The van der Waals surface area contributed by atoms with Crippen LogP contribution in [0.25, 0.3) is 11.0 Å². The number of benzene rings is 1. The fraction of sp³-hybridized carbons (Fsp3) is 0.556. The van der Waals surface area contributed by atoms with Crippen molar-refractivity contribution in [2.45, 2.75) is 53.5 Å². The summed E-state index contributed by atoms with van der Waals surface area (Å²) in [6, 6.07) is 4.48. The van der Waals surface area contributed by atoms with E-state index < -0.39 is 0 Å². The molecule has 0 aliphatic rings. The summed E-state index contributed by atoms with van der Waals surface area (Å²) in [5.74, 6) is 0.667. The topological polar surface area (TPSA) is 25.2 Å². The summed E-state index contributed by atoms with van der Waals surface area (Å²) in [5, 5.41) is 4.75. The zero-order valence-corrected chi connectivity index (χ0v) is 13.6. The van der Waals surface area contributed by atoms with Gasteiger partial charge in [0.2, 0.25) is 0 Å². The fourth-order valence-electron chi connectivity index (χ4n) is 2.52. The molecule has 1 aromatic heterocycles. The molecule has 0 saturated heterocycles. The Balaban J connectivity index is 2.38. The number of aryl methyl sites for hydroxylation is 1. The van der Waals surface area contributed by atoms with Gasteiger partial charge in [-0.05, 0) is 36.4 Å². The highest BCUT2D eigenvalue weighted by Crippen LogP contribution is 2.33. The van der Waals surface area contributed by atoms with Crippen molar-refractivity contribution in [3.63, 3.8) is 0 Å². The average Bonchev–Trinajstić information content (AvgIpc) is 2.69. The number of fused-ring (bicyclic) bond motifs is 1. The Morgan fingerprint density at radius 3 is 2.50 bits per heavy atom. The number of rotatable bonds is 4. The van der Waals surface area contributed by atoms with Gasteiger partial charge in [-0.1, -0.05) is 40.7 Å². The number of nitrogens with one attached hydrogen (secondary N) is 1. The summed E-state index contributed by atoms with van der Waals surface area (Å²) < 4.78 is 5.88. The van der Waals surface area contributed by atoms with E-state index in [2.05, 4.69) is 59.0 Å². The van der Waals surface area contributed by atoms with E-state index in [0.717, 1.165) is 18.7 Å². The minimum absolute atomic E-state index is 0.102. The van der Waals surface area contributed by atoms with Crippen molar-refractivity contribution in [3.05, 3.63) is 35.1 Å². The van der Waals surface area contributed by atoms with E-state index in [1.807, 2.05) is 6.26 Å². The molecule has 2 aromatic rings. The zero-order valence-electron chi connectivity index (χ0n) is 13.6. The molecule has 1 N–H and O–H groups in total. The van der Waals surface area contributed by atoms with E-state index in [1.54, 1.807) is 0 Å². The molecule has 0 radical (unpaired) electrons. The van der Waals surface area contributed by atoms with Crippen LogP contribution in [0.2, 0.25) is 0 Å². The summed E-state index contributed by atoms with van der Waals surface area (Å²) in [6.07, 6.45) is 1.91. The lowest BCUT2D eigenvalue weighted by Gasteiger charge is -2.20. The lowest BCUT2D eigenvalue weighted by Crippen LogP contribution is -2.18. The lowest BCUT2D eigenvalue weighted by molar-refractivity contribution is 0.541. The Labute approximate surface area is 122 Å². The Hall–Kier alpha value is -1.28. The summed E-state index contributed by atoms with van der Waals surface area (Å²) >= 11 is 0. The first-order valence-electron chi connectivity index (χ1n) is 7.51. The van der Waals surface area contributed by atoms with Crippen LogP contribution < -0.4 is 5.32 Å². The van der Waals surface area contributed by atoms with Crippen LogP contribution in [0.4, 0.5) is 0 Å². The molecule has 2 heteroatoms. The number of furan rings is 1. The van der Waals surface area contributed by atoms with Crippen molar-refractivity contribution >= 4 is 11.0 Å². The second kappa shape index (κ2) is 5.61. The van der Waals surface area contributed by atoms with Crippen LogP contribution in [-0.2, 0) is 12.0 Å². The van der Waals surface area contributed by atoms with Crippen LogP contribution in [0.5, 0.6) is 0 Å². The van der Waals surface area contributed by atoms with Gasteiger partial charge in [0, 0.05) is 23.1 Å². The maximum absolute atomic E-state index is 5.88. The molecule has 0 aliphatic heterocycles. The molecule has 0 saturated carbocycles. The summed E-state index contributed by atoms with van der Waals surface area (Å²) in [4.78, 5) is 0. The summed E-state index contributed by atoms with van der Waals surface area (Å²) in [5.41, 5.74) is 5.00. The Morgan fingerprint density at radius 1 is 1.20 bits per heavy atom. The van der Waals surface area contributed by atoms with Gasteiger partial charge in [-0.15, -0.1) is 0 Å². The maximum atomic E-state index is 5.88. The van der Waals surface area contributed by atoms with Gasteiger partial charge in [-0.25, -0.2) is 0 Å². The third kappa shape index (κ3) is 3.24. The molecule has 0 bridgehead atoms. The smallest absolute Gasteiger partial charge is 0.137 e. The molecule has 0 unspecified atom stereocenters. The second-order valence-electron chi connectivity index (χ2n) is 7.22. The second-order valence-corrected chi connectivity index (χ2v) is 7.22. The predicted octanol–water partition coefficient (Wildman–Crippen LogP) is 4.78. The van der Waals surface area contributed by atoms with Crippen LogP contribution in [0, 0.1) is 12.8 Å². The van der Waals surface area contributed by atoms with Crippen molar-refractivity contribution in [2.24, 2.45) is 5.92 Å². The monoisotopic (exact) mass is 273 g/mol. The first-order valence-corrected chi connectivity index (χ1v) is 7.51. The molecule has 1 heterocycles. The number of hydrogen-bond acceptors (Lipinski definition) is 2. The molecule has 20 heavy (non-hydrogen) atoms. The van der Waals surface area contributed by atoms with Gasteiger partial charge >= 0.3 is 0 Å². The Kier molecular flexibility index (Phi) is 4.24. The normalized spacial score (nSPS) is 12.6. The quantitative estimate of drug-likeness (QED) is 0.867. The molecule has 0 atom stereocenters. The highest BCUT2D eigenvalue weighted by atomic mass is 16.3. The molecule has 0 amide bonds. The van der Waals surface area contributed by atoms with Crippen LogP contribution >= 0.6 is 0 Å². The van der Waals surface area contributed by atoms with E-state index in [0.29, 0.717) is 5.92 Å². The van der Waals surface area contributed by atoms with Crippen molar-refractivity contribution in [2.75, 3.05) is 6.54 Å². The van der Waals surface area contributed by atoms with Crippen molar-refractivity contribution < 1.29 is 4.42 Å². The maximum Gasteiger partial charge on any atom is 0.137 e. The van der Waals surface area contributed by atoms with Crippen LogP contribution in [0.15, 0.2) is 22.8 Å². The van der Waals surface area contributed by atoms with Crippen molar-refractivity contribution in [3.8, 4) is 0 Å². The van der Waals surface area contributed by atoms with E-state index in [9.17, 15) is 0 Å². The van der Waals surface area contributed by atoms with E-state index in [4.69, 9.17) is 4.42 Å². The molecular weight excluding hydrogens is 246 g/mol. The molecular formula is C18H27NO. The predicted molar refractivity (Wildman–Crippen MR) is 86.2 cm³/mol. The van der Waals surface area contributed by atoms with E-state index in [-0.39, 0.29) is 5.41 Å². The van der Waals surface area contributed by atoms with Crippen LogP contribution in [0.3, 0.4) is 0 Å². The third-order valence-electron chi connectivity index (χ3n) is 3.57. The first kappa shape index (κ1) is 15.1. The molecule has 1 aromatic carbocycles. The van der Waals surface area contributed by atoms with Gasteiger partial charge in [0.15, 0.2) is 0 Å². The van der Waals surface area contributed by atoms with E-state index >= 15 is 0 Å². The van der Waals surface area contributed by atoms with Gasteiger partial charge in [0.1, 0.15) is 5.58 Å². The summed E-state index contributed by atoms with van der Waals surface area (Å²) in [6.45, 7) is 15.2. The van der Waals surface area contributed by atoms with Crippen LogP contribution in [0.1, 0.15) is 51.3 Å². The minimum Gasteiger partial charge on any atom is -0.464 e. The molecule has 0 spiro atoms. The summed E-state index contributed by atoms with van der Waals surface area (Å²) in [7, 11) is 0. The van der Waals surface area contributed by atoms with Gasteiger partial charge in [0.25, 0.3) is 0 Å². The number of hydrogen-bond donors (Lipinski definition) is 1. The van der Waals surface area contributed by atoms with Gasteiger partial charge in [-0.2, -0.15) is 0 Å². The van der Waals surface area contributed by atoms with Gasteiger partial charge < -0.3 is 9.73 Å². The highest BCUT2D eigenvalue weighted by Gasteiger charge is 2.20. The largest absolute Gasteiger partial charge is 0.464 e. The standard InChI is InChI=1S/C18H27NO/c1-12(2)9-19-10-14-11-20-17-15(14)7-13(3)8-16(17)18(4,5)6/h7-8,11-12,19H,9-10H2,1-6H3. The third-order valence-corrected chi connectivity index (χ3v) is 3.57. The molecule has 2 rings (SSSR count). The molecule has 0 aliphatic carbocycles. The van der Waals surface area contributed by atoms with Gasteiger partial charge in [0.05, 0.1) is 6.26 Å². The molecule has 110 valence electrons. The van der Waals surface area contributed by atoms with Crippen molar-refractivity contribution in [1.82, 2.24) is 5.32 Å². The van der Waals surface area contributed by atoms with Gasteiger partial charge in [-0.3, -0.25) is 0 Å². The van der Waals surface area contributed by atoms with E-state index in [1.165, 1.54) is 22.1 Å². The Bertz CT molecular complexity index is 587. The highest BCUT2D eigenvalue weighted by molar-refractivity contribution is 5.85. The van der Waals surface area contributed by atoms with Crippen molar-refractivity contribution in [1.29, 1.82) is 0 Å². The minimum atomic E-state index is 0.102. The zero-order chi connectivity index (χ0) is 14.9. The molecule has 0 fully saturated rings. The average molecular weight is 273 g/mol. The SMILES string of the molecule is Cc1cc(C(C)(C)C)c2occ(CNCC(C)C)c2c1. The molecule has 2 nitrogen and oxygen atoms in total. The first-order chi connectivity index (χ1) is 9.29. The fourth-order valence-corrected chi connectivity index (χ4v) is 2.52.